The molecule has 6 nitrogen and oxygen atoms in total. The number of ether oxygens (including phenoxy) is 1. The number of benzene rings is 2. The average molecular weight is 382 g/mol. The lowest BCUT2D eigenvalue weighted by Crippen LogP contribution is -2.42. The summed E-state index contributed by atoms with van der Waals surface area (Å²) in [5.74, 6) is -0.771. The van der Waals surface area contributed by atoms with Crippen molar-refractivity contribution in [3.8, 4) is 0 Å². The number of nitrogens with zero attached hydrogens (tertiary/aromatic N) is 1. The van der Waals surface area contributed by atoms with Gasteiger partial charge in [0.25, 0.3) is 0 Å². The van der Waals surface area contributed by atoms with Crippen molar-refractivity contribution in [3.05, 3.63) is 71.8 Å². The fourth-order valence-corrected chi connectivity index (χ4v) is 3.15. The van der Waals surface area contributed by atoms with Gasteiger partial charge in [-0.2, -0.15) is 0 Å². The highest BCUT2D eigenvalue weighted by Gasteiger charge is 2.34. The molecule has 0 radical (unpaired) electrons. The summed E-state index contributed by atoms with van der Waals surface area (Å²) in [6.45, 7) is 4.85. The molecular formula is C22H26N2O4. The molecular weight excluding hydrogens is 356 g/mol. The molecule has 0 spiro atoms. The maximum absolute atomic E-state index is 12.5. The number of carbonyl (C=O) groups excluding carboxylic acids is 3. The minimum atomic E-state index is -0.678. The van der Waals surface area contributed by atoms with E-state index in [1.165, 1.54) is 20.8 Å². The van der Waals surface area contributed by atoms with Gasteiger partial charge < -0.3 is 15.0 Å². The lowest BCUT2D eigenvalue weighted by atomic mass is 9.93. The molecule has 2 aromatic carbocycles. The molecule has 0 fully saturated rings. The summed E-state index contributed by atoms with van der Waals surface area (Å²) in [7, 11) is 0. The Kier molecular flexibility index (Phi) is 7.75. The zero-order valence-electron chi connectivity index (χ0n) is 16.4. The Morgan fingerprint density at radius 2 is 1.43 bits per heavy atom. The molecule has 1 N–H and O–H groups in total. The summed E-state index contributed by atoms with van der Waals surface area (Å²) in [6.07, 6.45) is -0.678. The van der Waals surface area contributed by atoms with E-state index in [0.29, 0.717) is 13.1 Å². The Morgan fingerprint density at radius 1 is 0.893 bits per heavy atom. The van der Waals surface area contributed by atoms with Crippen LogP contribution in [0.15, 0.2) is 60.7 Å². The highest BCUT2D eigenvalue weighted by atomic mass is 16.5. The lowest BCUT2D eigenvalue weighted by molar-refractivity contribution is -0.154. The molecule has 28 heavy (non-hydrogen) atoms. The van der Waals surface area contributed by atoms with Gasteiger partial charge in [0, 0.05) is 33.9 Å². The van der Waals surface area contributed by atoms with Crippen LogP contribution in [-0.2, 0) is 19.1 Å². The molecule has 0 aliphatic heterocycles. The van der Waals surface area contributed by atoms with Crippen LogP contribution in [0.1, 0.15) is 44.0 Å². The predicted octanol–water partition coefficient (Wildman–Crippen LogP) is 3.02. The first-order valence-electron chi connectivity index (χ1n) is 9.19. The molecule has 2 aromatic rings. The quantitative estimate of drug-likeness (QED) is 0.712. The molecule has 2 amide bonds. The maximum atomic E-state index is 12.5. The van der Waals surface area contributed by atoms with Gasteiger partial charge in [-0.15, -0.1) is 0 Å². The molecule has 0 heterocycles. The summed E-state index contributed by atoms with van der Waals surface area (Å²) in [5.41, 5.74) is 1.63. The Labute approximate surface area is 165 Å². The topological polar surface area (TPSA) is 75.7 Å². The Morgan fingerprint density at radius 3 is 1.89 bits per heavy atom. The van der Waals surface area contributed by atoms with E-state index in [1.807, 2.05) is 60.7 Å². The number of amides is 2. The highest BCUT2D eigenvalue weighted by Crippen LogP contribution is 2.37. The van der Waals surface area contributed by atoms with Crippen LogP contribution in [0.5, 0.6) is 0 Å². The summed E-state index contributed by atoms with van der Waals surface area (Å²) in [4.78, 5) is 37.3. The van der Waals surface area contributed by atoms with Gasteiger partial charge in [0.2, 0.25) is 11.8 Å². The summed E-state index contributed by atoms with van der Waals surface area (Å²) >= 11 is 0. The smallest absolute Gasteiger partial charge is 0.303 e. The fraction of sp³-hybridized carbons (Fsp3) is 0.318. The van der Waals surface area contributed by atoms with Gasteiger partial charge in [-0.25, -0.2) is 0 Å². The standard InChI is InChI=1S/C22H26N2O4/c1-16(25)23-14-15-24(17(2)26)21(19-10-6-4-7-11-19)22(28-18(3)27)20-12-8-5-9-13-20/h4-13,21-22H,14-15H2,1-3H3,(H,23,25)/t21-,22-/m0/s1. The maximum Gasteiger partial charge on any atom is 0.303 e. The summed E-state index contributed by atoms with van der Waals surface area (Å²) < 4.78 is 5.69. The second-order valence-electron chi connectivity index (χ2n) is 6.49. The molecule has 2 atom stereocenters. The van der Waals surface area contributed by atoms with Crippen molar-refractivity contribution in [1.29, 1.82) is 0 Å². The van der Waals surface area contributed by atoms with Crippen molar-refractivity contribution in [1.82, 2.24) is 10.2 Å². The van der Waals surface area contributed by atoms with E-state index in [-0.39, 0.29) is 11.8 Å². The van der Waals surface area contributed by atoms with Crippen LogP contribution in [0.3, 0.4) is 0 Å². The zero-order valence-corrected chi connectivity index (χ0v) is 16.4. The van der Waals surface area contributed by atoms with Gasteiger partial charge in [0.05, 0.1) is 6.04 Å². The van der Waals surface area contributed by atoms with E-state index in [2.05, 4.69) is 5.32 Å². The minimum absolute atomic E-state index is 0.167. The normalized spacial score (nSPS) is 12.5. The van der Waals surface area contributed by atoms with Crippen LogP contribution >= 0.6 is 0 Å². The number of rotatable bonds is 8. The van der Waals surface area contributed by atoms with Crippen molar-refractivity contribution in [2.75, 3.05) is 13.1 Å². The van der Waals surface area contributed by atoms with Crippen molar-refractivity contribution >= 4 is 17.8 Å². The van der Waals surface area contributed by atoms with Crippen LogP contribution in [0.2, 0.25) is 0 Å². The van der Waals surface area contributed by atoms with Crippen LogP contribution in [0, 0.1) is 0 Å². The third-order valence-electron chi connectivity index (χ3n) is 4.32. The second-order valence-corrected chi connectivity index (χ2v) is 6.49. The monoisotopic (exact) mass is 382 g/mol. The number of esters is 1. The fourth-order valence-electron chi connectivity index (χ4n) is 3.15. The van der Waals surface area contributed by atoms with E-state index in [0.717, 1.165) is 11.1 Å². The minimum Gasteiger partial charge on any atom is -0.455 e. The van der Waals surface area contributed by atoms with Crippen molar-refractivity contribution in [3.63, 3.8) is 0 Å². The molecule has 0 unspecified atom stereocenters. The molecule has 2 rings (SSSR count). The predicted molar refractivity (Wildman–Crippen MR) is 106 cm³/mol. The van der Waals surface area contributed by atoms with Gasteiger partial charge in [-0.05, 0) is 11.1 Å². The van der Waals surface area contributed by atoms with Crippen LogP contribution in [-0.4, -0.2) is 35.8 Å². The van der Waals surface area contributed by atoms with E-state index < -0.39 is 18.1 Å². The molecule has 0 saturated heterocycles. The van der Waals surface area contributed by atoms with E-state index in [4.69, 9.17) is 4.74 Å². The van der Waals surface area contributed by atoms with Gasteiger partial charge >= 0.3 is 5.97 Å². The van der Waals surface area contributed by atoms with E-state index >= 15 is 0 Å². The highest BCUT2D eigenvalue weighted by molar-refractivity contribution is 5.75. The third-order valence-corrected chi connectivity index (χ3v) is 4.32. The molecule has 0 bridgehead atoms. The van der Waals surface area contributed by atoms with Crippen molar-refractivity contribution < 1.29 is 19.1 Å². The summed E-state index contributed by atoms with van der Waals surface area (Å²) in [6, 6.07) is 18.3. The van der Waals surface area contributed by atoms with Crippen molar-refractivity contribution in [2.45, 2.75) is 32.9 Å². The average Bonchev–Trinajstić information content (AvgIpc) is 2.67. The number of carbonyl (C=O) groups is 3. The first kappa shape index (κ1) is 21.2. The van der Waals surface area contributed by atoms with Gasteiger partial charge in [0.15, 0.2) is 6.10 Å². The summed E-state index contributed by atoms with van der Waals surface area (Å²) in [5, 5.41) is 2.72. The second kappa shape index (κ2) is 10.3. The van der Waals surface area contributed by atoms with Gasteiger partial charge in [-0.1, -0.05) is 60.7 Å². The van der Waals surface area contributed by atoms with Gasteiger partial charge in [0.1, 0.15) is 0 Å². The van der Waals surface area contributed by atoms with Crippen LogP contribution in [0.4, 0.5) is 0 Å². The van der Waals surface area contributed by atoms with Crippen LogP contribution < -0.4 is 5.32 Å². The first-order chi connectivity index (χ1) is 13.4. The van der Waals surface area contributed by atoms with E-state index in [1.54, 1.807) is 4.90 Å². The molecule has 148 valence electrons. The lowest BCUT2D eigenvalue weighted by Gasteiger charge is -2.36. The molecule has 0 saturated carbocycles. The Hall–Kier alpha value is -3.15. The van der Waals surface area contributed by atoms with Gasteiger partial charge in [-0.3, -0.25) is 14.4 Å². The first-order valence-corrected chi connectivity index (χ1v) is 9.19. The zero-order chi connectivity index (χ0) is 20.5. The molecule has 0 aliphatic carbocycles. The molecule has 6 heteroatoms. The largest absolute Gasteiger partial charge is 0.455 e. The number of hydrogen-bond acceptors (Lipinski definition) is 4. The molecule has 0 aliphatic rings. The molecule has 0 aromatic heterocycles. The SMILES string of the molecule is CC(=O)NCCN(C(C)=O)[C@@H](c1ccccc1)[C@@H](OC(C)=O)c1ccccc1. The number of hydrogen-bond donors (Lipinski definition) is 1. The van der Waals surface area contributed by atoms with E-state index in [9.17, 15) is 14.4 Å². The van der Waals surface area contributed by atoms with Crippen LogP contribution in [0.25, 0.3) is 0 Å². The Bertz CT molecular complexity index is 793. The Balaban J connectivity index is 2.49. The van der Waals surface area contributed by atoms with Crippen molar-refractivity contribution in [2.24, 2.45) is 0 Å². The third kappa shape index (κ3) is 5.94. The number of nitrogens with one attached hydrogen (secondary N) is 1.